The van der Waals surface area contributed by atoms with E-state index in [4.69, 9.17) is 14.3 Å². The van der Waals surface area contributed by atoms with Crippen LogP contribution in [0.15, 0.2) is 16.5 Å². The highest BCUT2D eigenvalue weighted by Crippen LogP contribution is 2.03. The largest absolute Gasteiger partial charge is 0.456 e. The fourth-order valence-electron chi connectivity index (χ4n) is 1.08. The van der Waals surface area contributed by atoms with Crippen molar-refractivity contribution in [3.05, 3.63) is 23.7 Å². The second kappa shape index (κ2) is 9.85. The van der Waals surface area contributed by atoms with Gasteiger partial charge in [-0.1, -0.05) is 27.7 Å². The highest BCUT2D eigenvalue weighted by atomic mass is 16.5. The molecule has 4 nitrogen and oxygen atoms in total. The van der Waals surface area contributed by atoms with E-state index in [-0.39, 0.29) is 12.4 Å². The quantitative estimate of drug-likeness (QED) is 0.795. The van der Waals surface area contributed by atoms with Gasteiger partial charge in [-0.25, -0.2) is 0 Å². The number of carbonyl (C=O) groups excluding carboxylic acids is 1. The summed E-state index contributed by atoms with van der Waals surface area (Å²) in [4.78, 5) is 9.96. The van der Waals surface area contributed by atoms with E-state index in [2.05, 4.69) is 27.7 Å². The van der Waals surface area contributed by atoms with E-state index >= 15 is 0 Å². The Balaban J connectivity index is 0.000000321. The molecule has 18 heavy (non-hydrogen) atoms. The second-order valence-corrected chi connectivity index (χ2v) is 4.91. The van der Waals surface area contributed by atoms with Crippen molar-refractivity contribution in [1.82, 2.24) is 0 Å². The first-order chi connectivity index (χ1) is 8.49. The van der Waals surface area contributed by atoms with Crippen LogP contribution in [-0.2, 0) is 11.3 Å². The minimum atomic E-state index is -0.159. The van der Waals surface area contributed by atoms with Gasteiger partial charge in [0.2, 0.25) is 0 Å². The molecular weight excluding hydrogens is 232 g/mol. The number of aldehydes is 1. The summed E-state index contributed by atoms with van der Waals surface area (Å²) in [5.41, 5.74) is 0. The van der Waals surface area contributed by atoms with Crippen molar-refractivity contribution in [3.63, 3.8) is 0 Å². The van der Waals surface area contributed by atoms with Gasteiger partial charge in [-0.2, -0.15) is 0 Å². The van der Waals surface area contributed by atoms with E-state index < -0.39 is 0 Å². The molecule has 0 unspecified atom stereocenters. The summed E-state index contributed by atoms with van der Waals surface area (Å²) >= 11 is 0. The first kappa shape index (κ1) is 16.9. The molecule has 1 aromatic rings. The molecule has 0 atom stereocenters. The summed E-state index contributed by atoms with van der Waals surface area (Å²) in [7, 11) is 0. The Morgan fingerprint density at radius 3 is 2.06 bits per heavy atom. The van der Waals surface area contributed by atoms with Gasteiger partial charge in [-0.3, -0.25) is 4.79 Å². The van der Waals surface area contributed by atoms with E-state index in [1.807, 2.05) is 0 Å². The molecule has 0 aromatic carbocycles. The highest BCUT2D eigenvalue weighted by molar-refractivity contribution is 5.70. The van der Waals surface area contributed by atoms with Gasteiger partial charge in [0.25, 0.3) is 0 Å². The SMILES string of the molecule is CC(C)COCC(C)C.O=Cc1ccc(CO)o1. The standard InChI is InChI=1S/C8H18O.C6H6O3/c1-7(2)5-9-6-8(3)4;7-3-5-1-2-6(4-8)9-5/h7-8H,5-6H2,1-4H3;1-3,8H,4H2. The molecule has 1 aromatic heterocycles. The topological polar surface area (TPSA) is 59.7 Å². The molecule has 0 aliphatic heterocycles. The average Bonchev–Trinajstić information content (AvgIpc) is 2.76. The maximum absolute atomic E-state index is 9.96. The van der Waals surface area contributed by atoms with E-state index in [0.717, 1.165) is 13.2 Å². The molecule has 0 aliphatic carbocycles. The van der Waals surface area contributed by atoms with Crippen LogP contribution in [0.4, 0.5) is 0 Å². The van der Waals surface area contributed by atoms with Crippen LogP contribution < -0.4 is 0 Å². The molecule has 0 bridgehead atoms. The van der Waals surface area contributed by atoms with Crippen LogP contribution in [0.5, 0.6) is 0 Å². The average molecular weight is 256 g/mol. The molecule has 0 saturated heterocycles. The van der Waals surface area contributed by atoms with Crippen molar-refractivity contribution in [3.8, 4) is 0 Å². The Hall–Kier alpha value is -1.13. The Morgan fingerprint density at radius 2 is 1.78 bits per heavy atom. The molecule has 1 N–H and O–H groups in total. The van der Waals surface area contributed by atoms with Crippen LogP contribution in [0.3, 0.4) is 0 Å². The predicted octanol–water partition coefficient (Wildman–Crippen LogP) is 2.90. The van der Waals surface area contributed by atoms with Gasteiger partial charge < -0.3 is 14.3 Å². The first-order valence-corrected chi connectivity index (χ1v) is 6.22. The van der Waals surface area contributed by atoms with Gasteiger partial charge in [0.1, 0.15) is 12.4 Å². The molecule has 0 fully saturated rings. The Morgan fingerprint density at radius 1 is 1.22 bits per heavy atom. The third-order valence-electron chi connectivity index (χ3n) is 1.86. The van der Waals surface area contributed by atoms with Crippen LogP contribution in [0.1, 0.15) is 44.0 Å². The number of furan rings is 1. The lowest BCUT2D eigenvalue weighted by Gasteiger charge is -2.07. The summed E-state index contributed by atoms with van der Waals surface area (Å²) in [6.45, 7) is 10.3. The monoisotopic (exact) mass is 256 g/mol. The molecule has 4 heteroatoms. The lowest BCUT2D eigenvalue weighted by Crippen LogP contribution is -2.06. The molecule has 1 rings (SSSR count). The zero-order chi connectivity index (χ0) is 14.0. The van der Waals surface area contributed by atoms with Crippen LogP contribution in [0, 0.1) is 11.8 Å². The molecule has 1 heterocycles. The lowest BCUT2D eigenvalue weighted by atomic mass is 10.2. The fourth-order valence-corrected chi connectivity index (χ4v) is 1.08. The van der Waals surface area contributed by atoms with Crippen molar-refractivity contribution >= 4 is 6.29 Å². The van der Waals surface area contributed by atoms with Gasteiger partial charge in [0, 0.05) is 13.2 Å². The number of aliphatic hydroxyl groups is 1. The number of hydrogen-bond donors (Lipinski definition) is 1. The van der Waals surface area contributed by atoms with Crippen LogP contribution in [0.2, 0.25) is 0 Å². The number of ether oxygens (including phenoxy) is 1. The van der Waals surface area contributed by atoms with Crippen molar-refractivity contribution in [2.24, 2.45) is 11.8 Å². The van der Waals surface area contributed by atoms with E-state index in [1.165, 1.54) is 6.07 Å². The molecular formula is C14H24O4. The third kappa shape index (κ3) is 8.96. The van der Waals surface area contributed by atoms with E-state index in [1.54, 1.807) is 6.07 Å². The maximum Gasteiger partial charge on any atom is 0.185 e. The number of aliphatic hydroxyl groups excluding tert-OH is 1. The normalized spacial score (nSPS) is 10.4. The van der Waals surface area contributed by atoms with Crippen LogP contribution in [0.25, 0.3) is 0 Å². The molecule has 0 spiro atoms. The Kier molecular flexibility index (Phi) is 9.24. The van der Waals surface area contributed by atoms with E-state index in [0.29, 0.717) is 23.9 Å². The molecule has 104 valence electrons. The maximum atomic E-state index is 9.96. The van der Waals surface area contributed by atoms with Crippen LogP contribution >= 0.6 is 0 Å². The molecule has 0 radical (unpaired) electrons. The highest BCUT2D eigenvalue weighted by Gasteiger charge is 1.96. The fraction of sp³-hybridized carbons (Fsp3) is 0.643. The Labute approximate surface area is 109 Å². The summed E-state index contributed by atoms with van der Waals surface area (Å²) in [6.07, 6.45) is 0.596. The Bertz CT molecular complexity index is 307. The number of hydrogen-bond acceptors (Lipinski definition) is 4. The van der Waals surface area contributed by atoms with Gasteiger partial charge in [-0.05, 0) is 24.0 Å². The minimum absolute atomic E-state index is 0.159. The first-order valence-electron chi connectivity index (χ1n) is 6.22. The van der Waals surface area contributed by atoms with Gasteiger partial charge >= 0.3 is 0 Å². The summed E-state index contributed by atoms with van der Waals surface area (Å²) in [5.74, 6) is 2.00. The summed E-state index contributed by atoms with van der Waals surface area (Å²) in [5, 5.41) is 8.44. The van der Waals surface area contributed by atoms with Gasteiger partial charge in [0.15, 0.2) is 12.0 Å². The number of rotatable bonds is 6. The summed E-state index contributed by atoms with van der Waals surface area (Å²) in [6, 6.07) is 3.07. The molecule has 0 saturated carbocycles. The second-order valence-electron chi connectivity index (χ2n) is 4.91. The smallest absolute Gasteiger partial charge is 0.185 e. The van der Waals surface area contributed by atoms with Crippen molar-refractivity contribution in [1.29, 1.82) is 0 Å². The predicted molar refractivity (Wildman–Crippen MR) is 70.5 cm³/mol. The number of carbonyl (C=O) groups is 1. The van der Waals surface area contributed by atoms with Crippen molar-refractivity contribution in [2.75, 3.05) is 13.2 Å². The molecule has 0 amide bonds. The lowest BCUT2D eigenvalue weighted by molar-refractivity contribution is 0.0886. The van der Waals surface area contributed by atoms with Crippen molar-refractivity contribution in [2.45, 2.75) is 34.3 Å². The van der Waals surface area contributed by atoms with Gasteiger partial charge in [0.05, 0.1) is 0 Å². The molecule has 0 aliphatic rings. The van der Waals surface area contributed by atoms with Crippen LogP contribution in [-0.4, -0.2) is 24.6 Å². The zero-order valence-corrected chi connectivity index (χ0v) is 11.7. The van der Waals surface area contributed by atoms with Gasteiger partial charge in [-0.15, -0.1) is 0 Å². The van der Waals surface area contributed by atoms with Crippen molar-refractivity contribution < 1.29 is 19.1 Å². The summed E-state index contributed by atoms with van der Waals surface area (Å²) < 4.78 is 10.1. The van der Waals surface area contributed by atoms with E-state index in [9.17, 15) is 4.79 Å². The minimum Gasteiger partial charge on any atom is -0.456 e. The zero-order valence-electron chi connectivity index (χ0n) is 11.7. The third-order valence-corrected chi connectivity index (χ3v) is 1.86.